The van der Waals surface area contributed by atoms with Crippen molar-refractivity contribution in [2.45, 2.75) is 38.5 Å². The zero-order chi connectivity index (χ0) is 9.84. The standard InChI is InChI=1S/C10H22N2O/c1-8(11-3)7-12(4)10-5-6-13-9(10)2/h8-11H,5-7H2,1-4H3. The Kier molecular flexibility index (Phi) is 4.16. The van der Waals surface area contributed by atoms with Crippen LogP contribution in [-0.4, -0.2) is 50.3 Å². The molecule has 0 aliphatic carbocycles. The molecule has 0 aromatic carbocycles. The summed E-state index contributed by atoms with van der Waals surface area (Å²) < 4.78 is 5.54. The molecule has 0 saturated carbocycles. The Morgan fingerprint density at radius 1 is 1.62 bits per heavy atom. The lowest BCUT2D eigenvalue weighted by Gasteiger charge is -2.28. The number of ether oxygens (including phenoxy) is 1. The first-order chi connectivity index (χ1) is 6.15. The van der Waals surface area contributed by atoms with Crippen LogP contribution in [0.3, 0.4) is 0 Å². The molecule has 0 amide bonds. The van der Waals surface area contributed by atoms with Gasteiger partial charge >= 0.3 is 0 Å². The van der Waals surface area contributed by atoms with Gasteiger partial charge in [-0.2, -0.15) is 0 Å². The van der Waals surface area contributed by atoms with E-state index in [2.05, 4.69) is 31.1 Å². The SMILES string of the molecule is CNC(C)CN(C)C1CCOC1C. The summed E-state index contributed by atoms with van der Waals surface area (Å²) in [4.78, 5) is 2.40. The van der Waals surface area contributed by atoms with Gasteiger partial charge in [-0.15, -0.1) is 0 Å². The molecule has 1 aliphatic heterocycles. The Morgan fingerprint density at radius 3 is 2.77 bits per heavy atom. The molecular weight excluding hydrogens is 164 g/mol. The minimum Gasteiger partial charge on any atom is -0.377 e. The fourth-order valence-corrected chi connectivity index (χ4v) is 1.96. The quantitative estimate of drug-likeness (QED) is 0.699. The summed E-state index contributed by atoms with van der Waals surface area (Å²) in [6.45, 7) is 6.38. The van der Waals surface area contributed by atoms with Gasteiger partial charge in [-0.3, -0.25) is 4.90 Å². The van der Waals surface area contributed by atoms with Crippen molar-refractivity contribution in [1.29, 1.82) is 0 Å². The normalized spacial score (nSPS) is 31.2. The van der Waals surface area contributed by atoms with Crippen LogP contribution >= 0.6 is 0 Å². The van der Waals surface area contributed by atoms with E-state index in [0.717, 1.165) is 13.2 Å². The van der Waals surface area contributed by atoms with Crippen molar-refractivity contribution in [2.24, 2.45) is 0 Å². The molecule has 3 nitrogen and oxygen atoms in total. The first-order valence-electron chi connectivity index (χ1n) is 5.14. The molecule has 1 aliphatic rings. The van der Waals surface area contributed by atoms with Crippen LogP contribution in [0.5, 0.6) is 0 Å². The van der Waals surface area contributed by atoms with Crippen molar-refractivity contribution in [2.75, 3.05) is 27.2 Å². The number of nitrogens with zero attached hydrogens (tertiary/aromatic N) is 1. The topological polar surface area (TPSA) is 24.5 Å². The number of nitrogens with one attached hydrogen (secondary N) is 1. The Labute approximate surface area is 81.4 Å². The first-order valence-corrected chi connectivity index (χ1v) is 5.14. The molecule has 0 aromatic heterocycles. The van der Waals surface area contributed by atoms with Crippen LogP contribution in [0, 0.1) is 0 Å². The molecule has 78 valence electrons. The minimum absolute atomic E-state index is 0.397. The molecule has 3 heteroatoms. The Morgan fingerprint density at radius 2 is 2.31 bits per heavy atom. The third-order valence-electron chi connectivity index (χ3n) is 2.96. The molecule has 1 saturated heterocycles. The van der Waals surface area contributed by atoms with Gasteiger partial charge in [0.05, 0.1) is 6.10 Å². The van der Waals surface area contributed by atoms with Gasteiger partial charge in [0.15, 0.2) is 0 Å². The molecule has 3 atom stereocenters. The predicted octanol–water partition coefficient (Wildman–Crippen LogP) is 0.703. The van der Waals surface area contributed by atoms with Crippen LogP contribution in [0.15, 0.2) is 0 Å². The van der Waals surface area contributed by atoms with Crippen LogP contribution in [-0.2, 0) is 4.74 Å². The van der Waals surface area contributed by atoms with E-state index in [9.17, 15) is 0 Å². The molecule has 1 rings (SSSR count). The summed E-state index contributed by atoms with van der Waals surface area (Å²) in [7, 11) is 4.19. The van der Waals surface area contributed by atoms with E-state index in [1.165, 1.54) is 6.42 Å². The van der Waals surface area contributed by atoms with Crippen molar-refractivity contribution < 1.29 is 4.74 Å². The summed E-state index contributed by atoms with van der Waals surface area (Å²) in [5, 5.41) is 3.25. The lowest BCUT2D eigenvalue weighted by Crippen LogP contribution is -2.43. The lowest BCUT2D eigenvalue weighted by molar-refractivity contribution is 0.0813. The van der Waals surface area contributed by atoms with Crippen molar-refractivity contribution in [1.82, 2.24) is 10.2 Å². The molecule has 0 spiro atoms. The van der Waals surface area contributed by atoms with E-state index < -0.39 is 0 Å². The van der Waals surface area contributed by atoms with Crippen LogP contribution in [0.1, 0.15) is 20.3 Å². The molecule has 1 fully saturated rings. The van der Waals surface area contributed by atoms with E-state index in [4.69, 9.17) is 4.74 Å². The van der Waals surface area contributed by atoms with Gasteiger partial charge in [-0.05, 0) is 34.4 Å². The Balaban J connectivity index is 2.33. The summed E-state index contributed by atoms with van der Waals surface area (Å²) in [5.74, 6) is 0. The Bertz CT molecular complexity index is 152. The largest absolute Gasteiger partial charge is 0.377 e. The third kappa shape index (κ3) is 2.93. The van der Waals surface area contributed by atoms with Gasteiger partial charge < -0.3 is 10.1 Å². The molecule has 0 bridgehead atoms. The molecule has 0 aromatic rings. The van der Waals surface area contributed by atoms with Crippen molar-refractivity contribution in [3.63, 3.8) is 0 Å². The summed E-state index contributed by atoms with van der Waals surface area (Å²) in [5.41, 5.74) is 0. The van der Waals surface area contributed by atoms with Gasteiger partial charge in [0.2, 0.25) is 0 Å². The van der Waals surface area contributed by atoms with E-state index in [1.54, 1.807) is 0 Å². The molecular formula is C10H22N2O. The average molecular weight is 186 g/mol. The number of hydrogen-bond donors (Lipinski definition) is 1. The Hall–Kier alpha value is -0.120. The van der Waals surface area contributed by atoms with E-state index in [-0.39, 0.29) is 0 Å². The monoisotopic (exact) mass is 186 g/mol. The second kappa shape index (κ2) is 4.94. The lowest BCUT2D eigenvalue weighted by atomic mass is 10.1. The third-order valence-corrected chi connectivity index (χ3v) is 2.96. The van der Waals surface area contributed by atoms with Crippen LogP contribution in [0.25, 0.3) is 0 Å². The van der Waals surface area contributed by atoms with E-state index in [1.807, 2.05) is 7.05 Å². The minimum atomic E-state index is 0.397. The highest BCUT2D eigenvalue weighted by atomic mass is 16.5. The summed E-state index contributed by atoms with van der Waals surface area (Å²) in [6, 6.07) is 1.16. The fraction of sp³-hybridized carbons (Fsp3) is 1.00. The van der Waals surface area contributed by atoms with Gasteiger partial charge in [0.25, 0.3) is 0 Å². The van der Waals surface area contributed by atoms with Gasteiger partial charge in [0.1, 0.15) is 0 Å². The maximum Gasteiger partial charge on any atom is 0.0702 e. The highest BCUT2D eigenvalue weighted by molar-refractivity contribution is 4.81. The van der Waals surface area contributed by atoms with Crippen LogP contribution in [0.4, 0.5) is 0 Å². The molecule has 13 heavy (non-hydrogen) atoms. The van der Waals surface area contributed by atoms with Gasteiger partial charge in [-0.1, -0.05) is 0 Å². The number of likely N-dealkylation sites (N-methyl/N-ethyl adjacent to an activating group) is 2. The highest BCUT2D eigenvalue weighted by Crippen LogP contribution is 2.17. The maximum absolute atomic E-state index is 5.54. The summed E-state index contributed by atoms with van der Waals surface area (Å²) in [6.07, 6.45) is 1.57. The van der Waals surface area contributed by atoms with E-state index in [0.29, 0.717) is 18.2 Å². The zero-order valence-electron chi connectivity index (χ0n) is 9.21. The van der Waals surface area contributed by atoms with Crippen molar-refractivity contribution in [3.05, 3.63) is 0 Å². The molecule has 1 N–H and O–H groups in total. The second-order valence-corrected chi connectivity index (χ2v) is 4.06. The maximum atomic E-state index is 5.54. The van der Waals surface area contributed by atoms with Crippen molar-refractivity contribution >= 4 is 0 Å². The zero-order valence-corrected chi connectivity index (χ0v) is 9.21. The molecule has 3 unspecified atom stereocenters. The molecule has 1 heterocycles. The number of hydrogen-bond acceptors (Lipinski definition) is 3. The summed E-state index contributed by atoms with van der Waals surface area (Å²) >= 11 is 0. The predicted molar refractivity (Wildman–Crippen MR) is 55.0 cm³/mol. The van der Waals surface area contributed by atoms with Crippen molar-refractivity contribution in [3.8, 4) is 0 Å². The average Bonchev–Trinajstić information content (AvgIpc) is 2.51. The molecule has 0 radical (unpaired) electrons. The highest BCUT2D eigenvalue weighted by Gasteiger charge is 2.27. The van der Waals surface area contributed by atoms with Gasteiger partial charge in [-0.25, -0.2) is 0 Å². The second-order valence-electron chi connectivity index (χ2n) is 4.06. The first kappa shape index (κ1) is 11.0. The van der Waals surface area contributed by atoms with E-state index >= 15 is 0 Å². The fourth-order valence-electron chi connectivity index (χ4n) is 1.96. The van der Waals surface area contributed by atoms with Crippen LogP contribution in [0.2, 0.25) is 0 Å². The van der Waals surface area contributed by atoms with Crippen LogP contribution < -0.4 is 5.32 Å². The van der Waals surface area contributed by atoms with Gasteiger partial charge in [0, 0.05) is 25.2 Å². The smallest absolute Gasteiger partial charge is 0.0702 e. The number of rotatable bonds is 4.